The van der Waals surface area contributed by atoms with Crippen LogP contribution >= 0.6 is 0 Å². The number of hydrogen-bond donors (Lipinski definition) is 1. The Balaban J connectivity index is 2.06. The summed E-state index contributed by atoms with van der Waals surface area (Å²) in [5.74, 6) is 1.02. The fraction of sp³-hybridized carbons (Fsp3) is 0.375. The van der Waals surface area contributed by atoms with Crippen LogP contribution in [0.15, 0.2) is 36.7 Å². The first-order valence-corrected chi connectivity index (χ1v) is 6.72. The van der Waals surface area contributed by atoms with Crippen LogP contribution in [-0.4, -0.2) is 15.1 Å². The summed E-state index contributed by atoms with van der Waals surface area (Å²) >= 11 is 0. The second kappa shape index (κ2) is 5.89. The van der Waals surface area contributed by atoms with Crippen molar-refractivity contribution in [2.24, 2.45) is 0 Å². The zero-order valence-electron chi connectivity index (χ0n) is 12.2. The molecule has 4 nitrogen and oxygen atoms in total. The first-order valence-electron chi connectivity index (χ1n) is 6.72. The molecule has 1 heterocycles. The van der Waals surface area contributed by atoms with Crippen molar-refractivity contribution < 1.29 is 0 Å². The van der Waals surface area contributed by atoms with Crippen molar-refractivity contribution in [2.75, 3.05) is 0 Å². The maximum atomic E-state index is 8.80. The summed E-state index contributed by atoms with van der Waals surface area (Å²) < 4.78 is 2.13. The van der Waals surface area contributed by atoms with Gasteiger partial charge in [-0.15, -0.1) is 0 Å². The third-order valence-electron chi connectivity index (χ3n) is 3.01. The van der Waals surface area contributed by atoms with E-state index in [1.54, 1.807) is 0 Å². The van der Waals surface area contributed by atoms with Gasteiger partial charge in [0.25, 0.3) is 0 Å². The van der Waals surface area contributed by atoms with Crippen molar-refractivity contribution in [3.8, 4) is 6.07 Å². The molecule has 104 valence electrons. The van der Waals surface area contributed by atoms with Crippen molar-refractivity contribution in [1.29, 1.82) is 5.26 Å². The van der Waals surface area contributed by atoms with Crippen molar-refractivity contribution in [2.45, 2.75) is 39.4 Å². The molecule has 2 rings (SSSR count). The monoisotopic (exact) mass is 268 g/mol. The lowest BCUT2D eigenvalue weighted by atomic mass is 10.1. The molecule has 0 saturated heterocycles. The van der Waals surface area contributed by atoms with E-state index in [-0.39, 0.29) is 5.54 Å². The molecule has 1 N–H and O–H groups in total. The second-order valence-electron chi connectivity index (χ2n) is 5.88. The van der Waals surface area contributed by atoms with Crippen LogP contribution in [0.2, 0.25) is 0 Å². The van der Waals surface area contributed by atoms with E-state index in [0.717, 1.165) is 18.9 Å². The number of nitrogens with zero attached hydrogens (tertiary/aromatic N) is 3. The van der Waals surface area contributed by atoms with Crippen LogP contribution in [0.1, 0.15) is 37.7 Å². The summed E-state index contributed by atoms with van der Waals surface area (Å²) in [6.07, 6.45) is 3.81. The maximum Gasteiger partial charge on any atom is 0.122 e. The van der Waals surface area contributed by atoms with Crippen molar-refractivity contribution in [3.05, 3.63) is 53.6 Å². The van der Waals surface area contributed by atoms with Gasteiger partial charge < -0.3 is 9.88 Å². The molecule has 2 aromatic rings. The van der Waals surface area contributed by atoms with Gasteiger partial charge in [-0.2, -0.15) is 5.26 Å². The predicted octanol–water partition coefficient (Wildman–Crippen LogP) is 2.69. The molecule has 0 fully saturated rings. The summed E-state index contributed by atoms with van der Waals surface area (Å²) in [5.41, 5.74) is 1.93. The topological polar surface area (TPSA) is 53.6 Å². The largest absolute Gasteiger partial charge is 0.329 e. The van der Waals surface area contributed by atoms with Crippen LogP contribution < -0.4 is 5.32 Å². The van der Waals surface area contributed by atoms with Crippen LogP contribution in [0.3, 0.4) is 0 Å². The third-order valence-corrected chi connectivity index (χ3v) is 3.01. The summed E-state index contributed by atoms with van der Waals surface area (Å²) in [5, 5.41) is 12.2. The number of aromatic nitrogens is 2. The van der Waals surface area contributed by atoms with Crippen LogP contribution in [-0.2, 0) is 13.1 Å². The highest BCUT2D eigenvalue weighted by atomic mass is 15.1. The highest BCUT2D eigenvalue weighted by Gasteiger charge is 2.11. The Hall–Kier alpha value is -2.12. The number of nitriles is 1. The molecule has 20 heavy (non-hydrogen) atoms. The van der Waals surface area contributed by atoms with Gasteiger partial charge >= 0.3 is 0 Å². The predicted molar refractivity (Wildman–Crippen MR) is 79.1 cm³/mol. The van der Waals surface area contributed by atoms with Gasteiger partial charge in [0.15, 0.2) is 0 Å². The van der Waals surface area contributed by atoms with E-state index in [1.165, 1.54) is 5.56 Å². The molecule has 0 radical (unpaired) electrons. The summed E-state index contributed by atoms with van der Waals surface area (Å²) in [7, 11) is 0. The summed E-state index contributed by atoms with van der Waals surface area (Å²) in [6.45, 7) is 7.93. The molecular formula is C16H20N4. The molecule has 0 atom stereocenters. The Bertz CT molecular complexity index is 597. The number of nitrogens with one attached hydrogen (secondary N) is 1. The number of hydrogen-bond acceptors (Lipinski definition) is 3. The Labute approximate surface area is 120 Å². The average Bonchev–Trinajstić information content (AvgIpc) is 2.84. The second-order valence-corrected chi connectivity index (χ2v) is 5.88. The first kappa shape index (κ1) is 14.3. The van der Waals surface area contributed by atoms with Crippen molar-refractivity contribution >= 4 is 0 Å². The standard InChI is InChI=1S/C16H20N4/c1-16(2,3)19-11-15-18-8-9-20(15)12-14-6-4-13(10-17)5-7-14/h4-9,19H,11-12H2,1-3H3. The molecule has 1 aromatic carbocycles. The molecule has 1 aromatic heterocycles. The average molecular weight is 268 g/mol. The van der Waals surface area contributed by atoms with Gasteiger partial charge in [0.2, 0.25) is 0 Å². The van der Waals surface area contributed by atoms with Gasteiger partial charge in [-0.3, -0.25) is 0 Å². The molecule has 0 saturated carbocycles. The third kappa shape index (κ3) is 3.94. The van der Waals surface area contributed by atoms with Gasteiger partial charge in [-0.1, -0.05) is 12.1 Å². The lowest BCUT2D eigenvalue weighted by Crippen LogP contribution is -2.36. The van der Waals surface area contributed by atoms with E-state index in [0.29, 0.717) is 5.56 Å². The summed E-state index contributed by atoms with van der Waals surface area (Å²) in [4.78, 5) is 4.40. The van der Waals surface area contributed by atoms with Crippen LogP contribution in [0.4, 0.5) is 0 Å². The fourth-order valence-electron chi connectivity index (χ4n) is 1.88. The Kier molecular flexibility index (Phi) is 4.21. The van der Waals surface area contributed by atoms with Crippen LogP contribution in [0.5, 0.6) is 0 Å². The Morgan fingerprint density at radius 1 is 1.25 bits per heavy atom. The zero-order valence-corrected chi connectivity index (χ0v) is 12.2. The van der Waals surface area contributed by atoms with E-state index in [9.17, 15) is 0 Å². The van der Waals surface area contributed by atoms with Crippen molar-refractivity contribution in [3.63, 3.8) is 0 Å². The minimum atomic E-state index is 0.0746. The molecule has 0 unspecified atom stereocenters. The van der Waals surface area contributed by atoms with Gasteiger partial charge in [0.1, 0.15) is 5.82 Å². The van der Waals surface area contributed by atoms with E-state index in [1.807, 2.05) is 36.7 Å². The summed E-state index contributed by atoms with van der Waals surface area (Å²) in [6, 6.07) is 9.80. The molecular weight excluding hydrogens is 248 g/mol. The van der Waals surface area contributed by atoms with Gasteiger partial charge in [-0.05, 0) is 38.5 Å². The number of imidazole rings is 1. The Morgan fingerprint density at radius 3 is 2.55 bits per heavy atom. The highest BCUT2D eigenvalue weighted by molar-refractivity contribution is 5.31. The SMILES string of the molecule is CC(C)(C)NCc1nccn1Cc1ccc(C#N)cc1. The molecule has 4 heteroatoms. The van der Waals surface area contributed by atoms with Crippen molar-refractivity contribution in [1.82, 2.24) is 14.9 Å². The fourth-order valence-corrected chi connectivity index (χ4v) is 1.88. The van der Waals surface area contributed by atoms with E-state index < -0.39 is 0 Å². The van der Waals surface area contributed by atoms with E-state index in [2.05, 4.69) is 41.7 Å². The number of rotatable bonds is 4. The Morgan fingerprint density at radius 2 is 1.95 bits per heavy atom. The molecule has 0 aliphatic heterocycles. The highest BCUT2D eigenvalue weighted by Crippen LogP contribution is 2.09. The maximum absolute atomic E-state index is 8.80. The zero-order chi connectivity index (χ0) is 14.6. The quantitative estimate of drug-likeness (QED) is 0.927. The normalized spacial score (nSPS) is 11.3. The van der Waals surface area contributed by atoms with Crippen LogP contribution in [0.25, 0.3) is 0 Å². The minimum Gasteiger partial charge on any atom is -0.329 e. The molecule has 0 aliphatic rings. The molecule has 0 amide bonds. The minimum absolute atomic E-state index is 0.0746. The van der Waals surface area contributed by atoms with E-state index in [4.69, 9.17) is 5.26 Å². The molecule has 0 spiro atoms. The lowest BCUT2D eigenvalue weighted by Gasteiger charge is -2.20. The van der Waals surface area contributed by atoms with Crippen LogP contribution in [0, 0.1) is 11.3 Å². The van der Waals surface area contributed by atoms with E-state index >= 15 is 0 Å². The smallest absolute Gasteiger partial charge is 0.122 e. The number of benzene rings is 1. The van der Waals surface area contributed by atoms with Gasteiger partial charge in [0, 0.05) is 24.5 Å². The first-order chi connectivity index (χ1) is 9.48. The lowest BCUT2D eigenvalue weighted by molar-refractivity contribution is 0.413. The molecule has 0 aliphatic carbocycles. The molecule has 0 bridgehead atoms. The van der Waals surface area contributed by atoms with Gasteiger partial charge in [0.05, 0.1) is 18.2 Å². The van der Waals surface area contributed by atoms with Gasteiger partial charge in [-0.25, -0.2) is 4.98 Å².